The van der Waals surface area contributed by atoms with Crippen LogP contribution in [0.4, 0.5) is 0 Å². The van der Waals surface area contributed by atoms with Gasteiger partial charge in [-0.05, 0) is 30.5 Å². The first-order chi connectivity index (χ1) is 11.3. The molecule has 2 aromatic carbocycles. The van der Waals surface area contributed by atoms with E-state index in [1.807, 2.05) is 35.0 Å². The molecule has 3 heteroatoms. The summed E-state index contributed by atoms with van der Waals surface area (Å²) in [4.78, 5) is 4.73. The Balaban J connectivity index is 1.75. The van der Waals surface area contributed by atoms with E-state index in [9.17, 15) is 0 Å². The lowest BCUT2D eigenvalue weighted by Gasteiger charge is -2.05. The van der Waals surface area contributed by atoms with Gasteiger partial charge in [-0.25, -0.2) is 9.50 Å². The number of benzene rings is 2. The fourth-order valence-corrected chi connectivity index (χ4v) is 2.79. The summed E-state index contributed by atoms with van der Waals surface area (Å²) in [5.74, 6) is 0. The van der Waals surface area contributed by atoms with Crippen molar-refractivity contribution >= 4 is 5.65 Å². The van der Waals surface area contributed by atoms with Crippen LogP contribution in [0.3, 0.4) is 0 Å². The lowest BCUT2D eigenvalue weighted by molar-refractivity contribution is 0.879. The van der Waals surface area contributed by atoms with Crippen molar-refractivity contribution in [1.29, 1.82) is 0 Å². The largest absolute Gasteiger partial charge is 0.227 e. The van der Waals surface area contributed by atoms with Gasteiger partial charge in [0.25, 0.3) is 0 Å². The van der Waals surface area contributed by atoms with Gasteiger partial charge in [0.05, 0.1) is 17.6 Å². The molecule has 0 saturated carbocycles. The fourth-order valence-electron chi connectivity index (χ4n) is 2.79. The molecule has 0 radical (unpaired) electrons. The summed E-state index contributed by atoms with van der Waals surface area (Å²) in [5.41, 5.74) is 6.50. The normalized spacial score (nSPS) is 11.0. The smallest absolute Gasteiger partial charge is 0.154 e. The predicted molar refractivity (Wildman–Crippen MR) is 92.4 cm³/mol. The molecule has 23 heavy (non-hydrogen) atoms. The van der Waals surface area contributed by atoms with Gasteiger partial charge in [-0.3, -0.25) is 0 Å². The molecule has 2 aromatic heterocycles. The van der Waals surface area contributed by atoms with Gasteiger partial charge in [0, 0.05) is 5.56 Å². The van der Waals surface area contributed by atoms with E-state index in [2.05, 4.69) is 54.5 Å². The molecule has 0 fully saturated rings. The summed E-state index contributed by atoms with van der Waals surface area (Å²) in [5, 5.41) is 4.67. The quantitative estimate of drug-likeness (QED) is 0.565. The van der Waals surface area contributed by atoms with Crippen molar-refractivity contribution in [2.75, 3.05) is 0 Å². The fraction of sp³-hybridized carbons (Fsp3) is 0.100. The lowest BCUT2D eigenvalue weighted by Crippen LogP contribution is -2.00. The number of aryl methyl sites for hydroxylation is 1. The number of imidazole rings is 1. The molecule has 0 N–H and O–H groups in total. The second kappa shape index (κ2) is 5.69. The summed E-state index contributed by atoms with van der Waals surface area (Å²) in [7, 11) is 0. The summed E-state index contributed by atoms with van der Waals surface area (Å²) in [6.45, 7) is 2.06. The van der Waals surface area contributed by atoms with Crippen molar-refractivity contribution < 1.29 is 0 Å². The molecule has 0 spiro atoms. The summed E-state index contributed by atoms with van der Waals surface area (Å²) >= 11 is 0. The van der Waals surface area contributed by atoms with Gasteiger partial charge in [-0.2, -0.15) is 5.10 Å². The van der Waals surface area contributed by atoms with Gasteiger partial charge in [-0.15, -0.1) is 0 Å². The third-order valence-electron chi connectivity index (χ3n) is 4.05. The van der Waals surface area contributed by atoms with E-state index in [0.717, 1.165) is 29.0 Å². The molecule has 0 amide bonds. The molecule has 0 atom stereocenters. The van der Waals surface area contributed by atoms with Crippen molar-refractivity contribution in [3.05, 3.63) is 89.7 Å². The van der Waals surface area contributed by atoms with Crippen molar-refractivity contribution in [3.63, 3.8) is 0 Å². The molecular formula is C20H17N3. The Morgan fingerprint density at radius 2 is 1.61 bits per heavy atom. The molecule has 0 saturated heterocycles. The molecular weight excluding hydrogens is 282 g/mol. The monoisotopic (exact) mass is 299 g/mol. The van der Waals surface area contributed by atoms with Gasteiger partial charge < -0.3 is 0 Å². The average molecular weight is 299 g/mol. The van der Waals surface area contributed by atoms with Crippen molar-refractivity contribution in [1.82, 2.24) is 14.6 Å². The highest BCUT2D eigenvalue weighted by molar-refractivity contribution is 5.62. The van der Waals surface area contributed by atoms with E-state index >= 15 is 0 Å². The zero-order valence-corrected chi connectivity index (χ0v) is 13.0. The maximum Gasteiger partial charge on any atom is 0.154 e. The molecule has 0 aliphatic carbocycles. The Kier molecular flexibility index (Phi) is 3.39. The van der Waals surface area contributed by atoms with Crippen molar-refractivity contribution in [3.8, 4) is 11.3 Å². The Morgan fingerprint density at radius 1 is 0.913 bits per heavy atom. The zero-order valence-electron chi connectivity index (χ0n) is 13.0. The van der Waals surface area contributed by atoms with Gasteiger partial charge >= 0.3 is 0 Å². The SMILES string of the molecule is Cc1nn2cc(-c3ccccc3)nc2cc1Cc1ccccc1. The van der Waals surface area contributed by atoms with Crippen LogP contribution in [0.5, 0.6) is 0 Å². The number of hydrogen-bond acceptors (Lipinski definition) is 2. The molecule has 112 valence electrons. The minimum Gasteiger partial charge on any atom is -0.227 e. The predicted octanol–water partition coefficient (Wildman–Crippen LogP) is 4.30. The number of rotatable bonds is 3. The highest BCUT2D eigenvalue weighted by Gasteiger charge is 2.09. The van der Waals surface area contributed by atoms with Crippen molar-refractivity contribution in [2.24, 2.45) is 0 Å². The van der Waals surface area contributed by atoms with E-state index in [1.54, 1.807) is 0 Å². The second-order valence-corrected chi connectivity index (χ2v) is 5.71. The molecule has 2 heterocycles. The number of hydrogen-bond donors (Lipinski definition) is 0. The van der Waals surface area contributed by atoms with Crippen LogP contribution < -0.4 is 0 Å². The highest BCUT2D eigenvalue weighted by Crippen LogP contribution is 2.20. The van der Waals surface area contributed by atoms with E-state index in [0.29, 0.717) is 0 Å². The molecule has 0 unspecified atom stereocenters. The summed E-state index contributed by atoms with van der Waals surface area (Å²) < 4.78 is 1.87. The second-order valence-electron chi connectivity index (χ2n) is 5.71. The van der Waals surface area contributed by atoms with Gasteiger partial charge in [0.1, 0.15) is 0 Å². The summed E-state index contributed by atoms with van der Waals surface area (Å²) in [6, 6.07) is 22.8. The van der Waals surface area contributed by atoms with Gasteiger partial charge in [0.15, 0.2) is 5.65 Å². The minimum atomic E-state index is 0.879. The van der Waals surface area contributed by atoms with Gasteiger partial charge in [0.2, 0.25) is 0 Å². The average Bonchev–Trinajstić information content (AvgIpc) is 3.00. The van der Waals surface area contributed by atoms with Gasteiger partial charge in [-0.1, -0.05) is 60.7 Å². The number of nitrogens with zero attached hydrogens (tertiary/aromatic N) is 3. The van der Waals surface area contributed by atoms with E-state index in [4.69, 9.17) is 4.98 Å². The highest BCUT2D eigenvalue weighted by atomic mass is 15.2. The molecule has 4 rings (SSSR count). The first kappa shape index (κ1) is 13.7. The minimum absolute atomic E-state index is 0.879. The van der Waals surface area contributed by atoms with E-state index < -0.39 is 0 Å². The first-order valence-corrected chi connectivity index (χ1v) is 7.75. The zero-order chi connectivity index (χ0) is 15.6. The topological polar surface area (TPSA) is 30.2 Å². The third kappa shape index (κ3) is 2.73. The number of fused-ring (bicyclic) bond motifs is 1. The molecule has 0 bridgehead atoms. The molecule has 3 nitrogen and oxygen atoms in total. The lowest BCUT2D eigenvalue weighted by atomic mass is 10.0. The molecule has 0 aliphatic rings. The Morgan fingerprint density at radius 3 is 2.35 bits per heavy atom. The van der Waals surface area contributed by atoms with Crippen molar-refractivity contribution in [2.45, 2.75) is 13.3 Å². The summed E-state index contributed by atoms with van der Waals surface area (Å²) in [6.07, 6.45) is 2.87. The van der Waals surface area contributed by atoms with Crippen LogP contribution in [-0.2, 0) is 6.42 Å². The standard InChI is InChI=1S/C20H17N3/c1-15-18(12-16-8-4-2-5-9-16)13-20-21-19(14-23(20)22-15)17-10-6-3-7-11-17/h2-11,13-14H,12H2,1H3. The Labute approximate surface area is 135 Å². The maximum absolute atomic E-state index is 4.73. The number of aromatic nitrogens is 3. The van der Waals surface area contributed by atoms with E-state index in [1.165, 1.54) is 11.1 Å². The maximum atomic E-state index is 4.73. The molecule has 4 aromatic rings. The van der Waals surface area contributed by atoms with Crippen LogP contribution in [0.25, 0.3) is 16.9 Å². The van der Waals surface area contributed by atoms with E-state index in [-0.39, 0.29) is 0 Å². The van der Waals surface area contributed by atoms with Crippen LogP contribution in [0.1, 0.15) is 16.8 Å². The Hall–Kier alpha value is -2.94. The van der Waals surface area contributed by atoms with Crippen LogP contribution in [0.2, 0.25) is 0 Å². The van der Waals surface area contributed by atoms with Crippen LogP contribution >= 0.6 is 0 Å². The molecule has 0 aliphatic heterocycles. The third-order valence-corrected chi connectivity index (χ3v) is 4.05. The Bertz CT molecular complexity index is 941. The van der Waals surface area contributed by atoms with Crippen LogP contribution in [0, 0.1) is 6.92 Å². The van der Waals surface area contributed by atoms with Crippen LogP contribution in [-0.4, -0.2) is 14.6 Å². The first-order valence-electron chi connectivity index (χ1n) is 7.75. The van der Waals surface area contributed by atoms with Crippen LogP contribution in [0.15, 0.2) is 72.9 Å².